The van der Waals surface area contributed by atoms with Gasteiger partial charge in [-0.25, -0.2) is 0 Å². The smallest absolute Gasteiger partial charge is 0.297 e. The van der Waals surface area contributed by atoms with E-state index in [0.29, 0.717) is 17.5 Å². The van der Waals surface area contributed by atoms with Crippen LogP contribution >= 0.6 is 0 Å². The monoisotopic (exact) mass is 368 g/mol. The van der Waals surface area contributed by atoms with Crippen LogP contribution in [0.3, 0.4) is 0 Å². The lowest BCUT2D eigenvalue weighted by Crippen LogP contribution is -2.17. The van der Waals surface area contributed by atoms with Crippen molar-refractivity contribution in [2.45, 2.75) is 84.5 Å². The van der Waals surface area contributed by atoms with Crippen molar-refractivity contribution < 1.29 is 17.4 Å². The lowest BCUT2D eigenvalue weighted by atomic mass is 10.0. The topological polar surface area (TPSA) is 60.4 Å². The predicted molar refractivity (Wildman–Crippen MR) is 102 cm³/mol. The molecule has 25 heavy (non-hydrogen) atoms. The summed E-state index contributed by atoms with van der Waals surface area (Å²) < 4.78 is 30.1. The number of aryl methyl sites for hydroxylation is 2. The highest BCUT2D eigenvalue weighted by atomic mass is 32.2. The molecule has 0 aliphatic heterocycles. The van der Waals surface area contributed by atoms with Crippen LogP contribution in [0.25, 0.3) is 0 Å². The Balaban J connectivity index is 2.59. The highest BCUT2D eigenvalue weighted by Crippen LogP contribution is 2.27. The molecule has 0 aromatic heterocycles. The maximum absolute atomic E-state index is 12.5. The number of unbranched alkanes of at least 4 members (excludes halogenated alkanes) is 5. The molecular weight excluding hydrogens is 336 g/mol. The van der Waals surface area contributed by atoms with Gasteiger partial charge in [-0.1, -0.05) is 45.1 Å². The van der Waals surface area contributed by atoms with Gasteiger partial charge in [0.2, 0.25) is 0 Å². The van der Waals surface area contributed by atoms with E-state index in [0.717, 1.165) is 30.4 Å². The summed E-state index contributed by atoms with van der Waals surface area (Å²) in [7, 11) is -3.92. The van der Waals surface area contributed by atoms with Crippen molar-refractivity contribution in [1.29, 1.82) is 0 Å². The van der Waals surface area contributed by atoms with Crippen molar-refractivity contribution in [3.63, 3.8) is 0 Å². The minimum absolute atomic E-state index is 0.154. The van der Waals surface area contributed by atoms with Gasteiger partial charge in [-0.2, -0.15) is 8.42 Å². The highest BCUT2D eigenvalue weighted by molar-refractivity contribution is 7.86. The Hall–Kier alpha value is -1.20. The second-order valence-electron chi connectivity index (χ2n) is 6.86. The Bertz CT molecular complexity index is 690. The number of ketones is 1. The van der Waals surface area contributed by atoms with Gasteiger partial charge in [0.25, 0.3) is 10.1 Å². The summed E-state index contributed by atoms with van der Waals surface area (Å²) >= 11 is 0. The summed E-state index contributed by atoms with van der Waals surface area (Å²) in [6.45, 7) is 9.18. The van der Waals surface area contributed by atoms with Gasteiger partial charge in [-0.15, -0.1) is 0 Å². The van der Waals surface area contributed by atoms with Crippen molar-refractivity contribution in [3.8, 4) is 0 Å². The molecule has 0 radical (unpaired) electrons. The van der Waals surface area contributed by atoms with Crippen LogP contribution in [0.1, 0.15) is 74.1 Å². The molecular formula is C20H32O4S. The van der Waals surface area contributed by atoms with Crippen LogP contribution in [0.4, 0.5) is 0 Å². The normalized spacial score (nSPS) is 11.7. The van der Waals surface area contributed by atoms with E-state index in [9.17, 15) is 13.2 Å². The molecule has 0 saturated heterocycles. The van der Waals surface area contributed by atoms with Crippen LogP contribution in [-0.2, 0) is 19.1 Å². The largest absolute Gasteiger partial charge is 0.297 e. The van der Waals surface area contributed by atoms with Crippen LogP contribution in [0.5, 0.6) is 0 Å². The number of hydrogen-bond acceptors (Lipinski definition) is 4. The Kier molecular flexibility index (Phi) is 8.80. The van der Waals surface area contributed by atoms with E-state index in [-0.39, 0.29) is 17.3 Å². The Morgan fingerprint density at radius 1 is 0.920 bits per heavy atom. The van der Waals surface area contributed by atoms with Crippen LogP contribution in [0.15, 0.2) is 11.0 Å². The zero-order chi connectivity index (χ0) is 19.0. The van der Waals surface area contributed by atoms with Crippen LogP contribution < -0.4 is 0 Å². The summed E-state index contributed by atoms with van der Waals surface area (Å²) in [5.74, 6) is -0.154. The average molecular weight is 369 g/mol. The van der Waals surface area contributed by atoms with E-state index in [2.05, 4.69) is 6.92 Å². The van der Waals surface area contributed by atoms with Crippen molar-refractivity contribution in [2.24, 2.45) is 0 Å². The lowest BCUT2D eigenvalue weighted by molar-refractivity contribution is -0.121. The van der Waals surface area contributed by atoms with E-state index in [4.69, 9.17) is 4.18 Å². The molecule has 0 fully saturated rings. The fourth-order valence-electron chi connectivity index (χ4n) is 3.02. The molecule has 0 aliphatic carbocycles. The molecule has 1 aromatic carbocycles. The van der Waals surface area contributed by atoms with Gasteiger partial charge in [0.1, 0.15) is 11.5 Å². The van der Waals surface area contributed by atoms with Gasteiger partial charge in [0.15, 0.2) is 5.78 Å². The molecule has 0 atom stereocenters. The molecule has 0 N–H and O–H groups in total. The molecule has 142 valence electrons. The van der Waals surface area contributed by atoms with Crippen molar-refractivity contribution >= 4 is 15.9 Å². The fraction of sp³-hybridized carbons (Fsp3) is 0.650. The van der Waals surface area contributed by atoms with E-state index < -0.39 is 10.1 Å². The zero-order valence-electron chi connectivity index (χ0n) is 16.3. The average Bonchev–Trinajstić information content (AvgIpc) is 2.54. The quantitative estimate of drug-likeness (QED) is 0.410. The molecule has 0 aliphatic rings. The number of rotatable bonds is 11. The molecule has 5 heteroatoms. The third-order valence-corrected chi connectivity index (χ3v) is 6.28. The maximum atomic E-state index is 12.5. The molecule has 0 amide bonds. The number of benzene rings is 1. The highest BCUT2D eigenvalue weighted by Gasteiger charge is 2.23. The zero-order valence-corrected chi connectivity index (χ0v) is 17.1. The minimum Gasteiger partial charge on any atom is -0.297 e. The first kappa shape index (κ1) is 21.8. The SMILES string of the molecule is CCCCCCCCC(=O)COS(=O)(=O)c1c(C)cc(C)c(C)c1C. The number of hydrogen-bond donors (Lipinski definition) is 0. The van der Waals surface area contributed by atoms with E-state index in [1.807, 2.05) is 19.9 Å². The van der Waals surface area contributed by atoms with Gasteiger partial charge in [-0.05, 0) is 56.4 Å². The fourth-order valence-corrected chi connectivity index (χ4v) is 4.41. The molecule has 0 spiro atoms. The van der Waals surface area contributed by atoms with E-state index >= 15 is 0 Å². The maximum Gasteiger partial charge on any atom is 0.297 e. The van der Waals surface area contributed by atoms with Crippen molar-refractivity contribution in [2.75, 3.05) is 6.61 Å². The number of carbonyl (C=O) groups is 1. The second-order valence-corrected chi connectivity index (χ2v) is 8.41. The first-order valence-electron chi connectivity index (χ1n) is 9.19. The summed E-state index contributed by atoms with van der Waals surface area (Å²) in [6, 6.07) is 1.84. The van der Waals surface area contributed by atoms with Gasteiger partial charge < -0.3 is 0 Å². The summed E-state index contributed by atoms with van der Waals surface area (Å²) in [4.78, 5) is 12.1. The summed E-state index contributed by atoms with van der Waals surface area (Å²) in [5, 5.41) is 0. The molecule has 0 heterocycles. The standard InChI is InChI=1S/C20H32O4S/c1-6-7-8-9-10-11-12-19(21)14-24-25(22,23)20-16(3)13-15(2)17(4)18(20)5/h13H,6-12,14H2,1-5H3. The Morgan fingerprint density at radius 2 is 1.52 bits per heavy atom. The molecule has 0 saturated carbocycles. The van der Waals surface area contributed by atoms with Crippen LogP contribution in [-0.4, -0.2) is 20.8 Å². The predicted octanol–water partition coefficient (Wildman–Crippen LogP) is 4.95. The van der Waals surface area contributed by atoms with Gasteiger partial charge in [-0.3, -0.25) is 8.98 Å². The molecule has 0 bridgehead atoms. The van der Waals surface area contributed by atoms with Crippen molar-refractivity contribution in [3.05, 3.63) is 28.3 Å². The first-order valence-corrected chi connectivity index (χ1v) is 10.6. The Labute approximate surface area is 153 Å². The van der Waals surface area contributed by atoms with Crippen molar-refractivity contribution in [1.82, 2.24) is 0 Å². The number of Topliss-reactive ketones (excluding diaryl/α,β-unsaturated/α-hetero) is 1. The van der Waals surface area contributed by atoms with Gasteiger partial charge in [0, 0.05) is 6.42 Å². The van der Waals surface area contributed by atoms with Gasteiger partial charge >= 0.3 is 0 Å². The van der Waals surface area contributed by atoms with E-state index in [1.54, 1.807) is 13.8 Å². The number of carbonyl (C=O) groups excluding carboxylic acids is 1. The second kappa shape index (κ2) is 10.1. The lowest BCUT2D eigenvalue weighted by Gasteiger charge is -2.15. The molecule has 1 rings (SSSR count). The van der Waals surface area contributed by atoms with Gasteiger partial charge in [0.05, 0.1) is 0 Å². The summed E-state index contributed by atoms with van der Waals surface area (Å²) in [5.41, 5.74) is 3.34. The molecule has 1 aromatic rings. The third kappa shape index (κ3) is 6.55. The molecule has 4 nitrogen and oxygen atoms in total. The van der Waals surface area contributed by atoms with Crippen LogP contribution in [0, 0.1) is 27.7 Å². The molecule has 0 unspecified atom stereocenters. The van der Waals surface area contributed by atoms with E-state index in [1.165, 1.54) is 19.3 Å². The Morgan fingerprint density at radius 3 is 2.16 bits per heavy atom. The first-order chi connectivity index (χ1) is 11.7. The van der Waals surface area contributed by atoms with Crippen LogP contribution in [0.2, 0.25) is 0 Å². The third-order valence-electron chi connectivity index (χ3n) is 4.72. The summed E-state index contributed by atoms with van der Waals surface area (Å²) in [6.07, 6.45) is 6.93. The minimum atomic E-state index is -3.92.